The van der Waals surface area contributed by atoms with E-state index in [-0.39, 0.29) is 40.5 Å². The van der Waals surface area contributed by atoms with E-state index in [1.165, 1.54) is 25.3 Å². The van der Waals surface area contributed by atoms with E-state index < -0.39 is 38.8 Å². The summed E-state index contributed by atoms with van der Waals surface area (Å²) in [7, 11) is -2.84. The van der Waals surface area contributed by atoms with Gasteiger partial charge in [0.1, 0.15) is 17.7 Å². The lowest BCUT2D eigenvalue weighted by Gasteiger charge is -2.32. The number of sulfone groups is 1. The quantitative estimate of drug-likeness (QED) is 0.242. The minimum Gasteiger partial charge on any atom is -0.494 e. The SMILES string of the molecule is COc1cc(S(=O)(=O)C2CC(CCC(=O)O)Oc3ccc(C=C(C)c4c(F)cccc4Cl)cc32)ccc1F. The van der Waals surface area contributed by atoms with E-state index in [1.54, 1.807) is 37.3 Å². The first-order valence-electron chi connectivity index (χ1n) is 11.7. The molecule has 0 radical (unpaired) electrons. The van der Waals surface area contributed by atoms with Crippen molar-refractivity contribution in [1.29, 1.82) is 0 Å². The predicted octanol–water partition coefficient (Wildman–Crippen LogP) is 6.72. The van der Waals surface area contributed by atoms with Crippen LogP contribution in [0.3, 0.4) is 0 Å². The molecule has 0 amide bonds. The number of hydrogen-bond acceptors (Lipinski definition) is 5. The molecular formula is C28H25ClF2O6S. The Labute approximate surface area is 224 Å². The van der Waals surface area contributed by atoms with E-state index in [1.807, 2.05) is 0 Å². The van der Waals surface area contributed by atoms with Crippen LogP contribution in [-0.4, -0.2) is 32.7 Å². The van der Waals surface area contributed by atoms with E-state index in [0.29, 0.717) is 22.4 Å². The fraction of sp³-hybridized carbons (Fsp3) is 0.250. The maximum absolute atomic E-state index is 14.4. The van der Waals surface area contributed by atoms with Crippen LogP contribution in [0.25, 0.3) is 11.6 Å². The van der Waals surface area contributed by atoms with Gasteiger partial charge in [0.2, 0.25) is 0 Å². The maximum atomic E-state index is 14.4. The summed E-state index contributed by atoms with van der Waals surface area (Å²) >= 11 is 6.20. The minimum atomic E-state index is -4.08. The number of carboxylic acid groups (broad SMARTS) is 1. The first-order chi connectivity index (χ1) is 18.0. The van der Waals surface area contributed by atoms with Crippen LogP contribution in [-0.2, 0) is 14.6 Å². The Morgan fingerprint density at radius 3 is 2.61 bits per heavy atom. The van der Waals surface area contributed by atoms with Gasteiger partial charge in [-0.05, 0) is 60.9 Å². The van der Waals surface area contributed by atoms with Crippen molar-refractivity contribution in [3.63, 3.8) is 0 Å². The van der Waals surface area contributed by atoms with Crippen LogP contribution < -0.4 is 9.47 Å². The lowest BCUT2D eigenvalue weighted by molar-refractivity contribution is -0.137. The second kappa shape index (κ2) is 11.1. The van der Waals surface area contributed by atoms with Crippen molar-refractivity contribution in [2.75, 3.05) is 7.11 Å². The van der Waals surface area contributed by atoms with Crippen molar-refractivity contribution in [1.82, 2.24) is 0 Å². The fourth-order valence-electron chi connectivity index (χ4n) is 4.54. The number of hydrogen-bond donors (Lipinski definition) is 1. The molecule has 1 N–H and O–H groups in total. The van der Waals surface area contributed by atoms with Gasteiger partial charge in [-0.25, -0.2) is 17.2 Å². The van der Waals surface area contributed by atoms with Gasteiger partial charge in [-0.15, -0.1) is 0 Å². The average molecular weight is 563 g/mol. The molecule has 4 rings (SSSR count). The van der Waals surface area contributed by atoms with Gasteiger partial charge in [0.25, 0.3) is 0 Å². The molecule has 3 aromatic rings. The standard InChI is InChI=1S/C28H25ClF2O6S/c1-16(28-21(29)4-3-5-23(28)31)12-17-6-10-24-20(13-17)26(14-18(37-24)7-11-27(32)33)38(34,35)19-8-9-22(30)25(15-19)36-2/h3-6,8-10,12-13,15,18,26H,7,11,14H2,1-2H3,(H,32,33). The zero-order valence-corrected chi connectivity index (χ0v) is 22.2. The molecule has 2 atom stereocenters. The Morgan fingerprint density at radius 2 is 1.92 bits per heavy atom. The zero-order valence-electron chi connectivity index (χ0n) is 20.6. The van der Waals surface area contributed by atoms with Gasteiger partial charge in [0.05, 0.1) is 22.3 Å². The first-order valence-corrected chi connectivity index (χ1v) is 13.7. The van der Waals surface area contributed by atoms with Gasteiger partial charge in [0, 0.05) is 30.0 Å². The van der Waals surface area contributed by atoms with Crippen molar-refractivity contribution in [3.8, 4) is 11.5 Å². The second-order valence-electron chi connectivity index (χ2n) is 8.96. The van der Waals surface area contributed by atoms with Crippen LogP contribution in [0.1, 0.15) is 48.1 Å². The predicted molar refractivity (Wildman–Crippen MR) is 140 cm³/mol. The summed E-state index contributed by atoms with van der Waals surface area (Å²) in [5.41, 5.74) is 1.72. The Balaban J connectivity index is 1.80. The Morgan fingerprint density at radius 1 is 1.16 bits per heavy atom. The van der Waals surface area contributed by atoms with Crippen LogP contribution in [0, 0.1) is 11.6 Å². The molecule has 3 aromatic carbocycles. The number of halogens is 3. The number of ether oxygens (including phenoxy) is 2. The fourth-order valence-corrected chi connectivity index (χ4v) is 6.70. The van der Waals surface area contributed by atoms with Crippen molar-refractivity contribution >= 4 is 39.1 Å². The molecule has 2 unspecified atom stereocenters. The molecule has 0 saturated carbocycles. The molecule has 0 aromatic heterocycles. The third-order valence-corrected chi connectivity index (χ3v) is 8.82. The highest BCUT2D eigenvalue weighted by molar-refractivity contribution is 7.91. The summed E-state index contributed by atoms with van der Waals surface area (Å²) in [4.78, 5) is 11.0. The van der Waals surface area contributed by atoms with Crippen molar-refractivity contribution < 1.29 is 36.6 Å². The molecule has 38 heavy (non-hydrogen) atoms. The Hall–Kier alpha value is -3.43. The molecule has 10 heteroatoms. The number of benzene rings is 3. The number of fused-ring (bicyclic) bond motifs is 1. The Kier molecular flexibility index (Phi) is 8.08. The number of rotatable bonds is 8. The smallest absolute Gasteiger partial charge is 0.303 e. The highest BCUT2D eigenvalue weighted by Gasteiger charge is 2.38. The van der Waals surface area contributed by atoms with Crippen LogP contribution in [0.15, 0.2) is 59.5 Å². The monoisotopic (exact) mass is 562 g/mol. The van der Waals surface area contributed by atoms with Crippen molar-refractivity contribution in [3.05, 3.63) is 87.9 Å². The minimum absolute atomic E-state index is 0.00635. The average Bonchev–Trinajstić information content (AvgIpc) is 2.87. The molecule has 1 aliphatic heterocycles. The van der Waals surface area contributed by atoms with Gasteiger partial charge in [-0.2, -0.15) is 0 Å². The molecule has 6 nitrogen and oxygen atoms in total. The Bertz CT molecular complexity index is 1500. The molecule has 0 aliphatic carbocycles. The second-order valence-corrected chi connectivity index (χ2v) is 11.5. The van der Waals surface area contributed by atoms with Crippen LogP contribution in [0.2, 0.25) is 5.02 Å². The summed E-state index contributed by atoms with van der Waals surface area (Å²) < 4.78 is 67.0. The van der Waals surface area contributed by atoms with Crippen LogP contribution in [0.4, 0.5) is 8.78 Å². The van der Waals surface area contributed by atoms with Crippen molar-refractivity contribution in [2.24, 2.45) is 0 Å². The zero-order chi connectivity index (χ0) is 27.6. The van der Waals surface area contributed by atoms with Gasteiger partial charge in [-0.1, -0.05) is 29.8 Å². The molecular weight excluding hydrogens is 538 g/mol. The number of aliphatic carboxylic acids is 1. The van der Waals surface area contributed by atoms with Gasteiger partial charge < -0.3 is 14.6 Å². The molecule has 0 spiro atoms. The van der Waals surface area contributed by atoms with Crippen LogP contribution >= 0.6 is 11.6 Å². The van der Waals surface area contributed by atoms with E-state index in [2.05, 4.69) is 0 Å². The third kappa shape index (κ3) is 5.68. The molecule has 200 valence electrons. The summed E-state index contributed by atoms with van der Waals surface area (Å²) in [6, 6.07) is 12.6. The number of methoxy groups -OCH3 is 1. The summed E-state index contributed by atoms with van der Waals surface area (Å²) in [5, 5.41) is 8.25. The largest absolute Gasteiger partial charge is 0.494 e. The maximum Gasteiger partial charge on any atom is 0.303 e. The molecule has 1 heterocycles. The highest BCUT2D eigenvalue weighted by atomic mass is 35.5. The molecule has 0 fully saturated rings. The number of carbonyl (C=O) groups is 1. The normalized spacial score (nSPS) is 17.4. The summed E-state index contributed by atoms with van der Waals surface area (Å²) in [6.07, 6.45) is 0.931. The highest BCUT2D eigenvalue weighted by Crippen LogP contribution is 2.44. The lowest BCUT2D eigenvalue weighted by atomic mass is 9.96. The molecule has 0 saturated heterocycles. The van der Waals surface area contributed by atoms with Gasteiger partial charge >= 0.3 is 5.97 Å². The molecule has 0 bridgehead atoms. The van der Waals surface area contributed by atoms with E-state index in [4.69, 9.17) is 26.2 Å². The van der Waals surface area contributed by atoms with Crippen molar-refractivity contribution in [2.45, 2.75) is 42.4 Å². The number of allylic oxidation sites excluding steroid dienone is 1. The van der Waals surface area contributed by atoms with E-state index in [0.717, 1.165) is 12.1 Å². The summed E-state index contributed by atoms with van der Waals surface area (Å²) in [6.45, 7) is 1.70. The first kappa shape index (κ1) is 27.6. The number of carboxylic acids is 1. The molecule has 1 aliphatic rings. The lowest BCUT2D eigenvalue weighted by Crippen LogP contribution is -2.30. The van der Waals surface area contributed by atoms with E-state index in [9.17, 15) is 22.0 Å². The van der Waals surface area contributed by atoms with Gasteiger partial charge in [0.15, 0.2) is 21.4 Å². The van der Waals surface area contributed by atoms with Gasteiger partial charge in [-0.3, -0.25) is 4.79 Å². The van der Waals surface area contributed by atoms with Crippen LogP contribution in [0.5, 0.6) is 11.5 Å². The van der Waals surface area contributed by atoms with E-state index >= 15 is 0 Å². The summed E-state index contributed by atoms with van der Waals surface area (Å²) in [5.74, 6) is -2.12. The topological polar surface area (TPSA) is 89.9 Å². The third-order valence-electron chi connectivity index (χ3n) is 6.40.